The number of rotatable bonds is 2. The van der Waals surface area contributed by atoms with E-state index in [1.807, 2.05) is 0 Å². The van der Waals surface area contributed by atoms with Gasteiger partial charge in [0.15, 0.2) is 5.65 Å². The van der Waals surface area contributed by atoms with E-state index in [0.717, 1.165) is 0 Å². The zero-order chi connectivity index (χ0) is 18.3. The van der Waals surface area contributed by atoms with Crippen LogP contribution in [0.3, 0.4) is 0 Å². The van der Waals surface area contributed by atoms with Gasteiger partial charge in [-0.3, -0.25) is 9.36 Å². The average molecular weight is 424 g/mol. The highest BCUT2D eigenvalue weighted by Gasteiger charge is 2.23. The molecule has 3 heterocycles. The first kappa shape index (κ1) is 17.4. The molecule has 3 aromatic rings. The first-order valence-electron chi connectivity index (χ1n) is 7.06. The number of nitrogen functional groups attached to an aromatic ring is 1. The van der Waals surface area contributed by atoms with E-state index in [2.05, 4.69) is 25.9 Å². The van der Waals surface area contributed by atoms with Gasteiger partial charge in [-0.2, -0.15) is 0 Å². The van der Waals surface area contributed by atoms with E-state index in [1.54, 1.807) is 25.1 Å². The highest BCUT2D eigenvalue weighted by atomic mass is 79.9. The summed E-state index contributed by atoms with van der Waals surface area (Å²) >= 11 is 9.19. The lowest BCUT2D eigenvalue weighted by atomic mass is 10.1. The maximum absolute atomic E-state index is 13.0. The van der Waals surface area contributed by atoms with Crippen LogP contribution in [0.4, 0.5) is 5.69 Å². The van der Waals surface area contributed by atoms with Gasteiger partial charge in [-0.25, -0.2) is 14.8 Å². The zero-order valence-electron chi connectivity index (χ0n) is 13.2. The van der Waals surface area contributed by atoms with Gasteiger partial charge in [0.2, 0.25) is 0 Å². The monoisotopic (exact) mass is 422 g/mol. The smallest absolute Gasteiger partial charge is 0.345 e. The van der Waals surface area contributed by atoms with E-state index in [0.29, 0.717) is 21.2 Å². The highest BCUT2D eigenvalue weighted by molar-refractivity contribution is 9.10. The number of pyridine rings is 3. The van der Waals surface area contributed by atoms with Crippen molar-refractivity contribution < 1.29 is 9.53 Å². The molecule has 0 fully saturated rings. The minimum Gasteiger partial charge on any atom is -0.465 e. The van der Waals surface area contributed by atoms with Gasteiger partial charge in [-0.15, -0.1) is 0 Å². The van der Waals surface area contributed by atoms with Crippen LogP contribution < -0.4 is 11.3 Å². The van der Waals surface area contributed by atoms with E-state index in [1.165, 1.54) is 17.9 Å². The number of hydrogen-bond donors (Lipinski definition) is 1. The zero-order valence-corrected chi connectivity index (χ0v) is 15.6. The Morgan fingerprint density at radius 3 is 2.76 bits per heavy atom. The summed E-state index contributed by atoms with van der Waals surface area (Å²) in [6.45, 7) is 1.77. The highest BCUT2D eigenvalue weighted by Crippen LogP contribution is 2.27. The van der Waals surface area contributed by atoms with E-state index in [-0.39, 0.29) is 22.1 Å². The fourth-order valence-electron chi connectivity index (χ4n) is 2.54. The summed E-state index contributed by atoms with van der Waals surface area (Å²) in [5.74, 6) is -0.819. The van der Waals surface area contributed by atoms with E-state index in [4.69, 9.17) is 22.1 Å². The number of anilines is 1. The topological polar surface area (TPSA) is 100 Å². The third kappa shape index (κ3) is 2.87. The van der Waals surface area contributed by atoms with Crippen molar-refractivity contribution in [3.8, 4) is 5.69 Å². The van der Waals surface area contributed by atoms with Crippen molar-refractivity contribution in [2.45, 2.75) is 6.92 Å². The van der Waals surface area contributed by atoms with Gasteiger partial charge >= 0.3 is 5.97 Å². The summed E-state index contributed by atoms with van der Waals surface area (Å²) in [5, 5.41) is 0.730. The Morgan fingerprint density at radius 2 is 2.12 bits per heavy atom. The fraction of sp³-hybridized carbons (Fsp3) is 0.125. The number of methoxy groups -OCH3 is 1. The van der Waals surface area contributed by atoms with Crippen molar-refractivity contribution in [2.24, 2.45) is 0 Å². The van der Waals surface area contributed by atoms with Gasteiger partial charge < -0.3 is 10.5 Å². The first-order chi connectivity index (χ1) is 11.8. The Hall–Kier alpha value is -2.45. The van der Waals surface area contributed by atoms with Crippen molar-refractivity contribution in [1.29, 1.82) is 0 Å². The summed E-state index contributed by atoms with van der Waals surface area (Å²) in [5.41, 5.74) is 6.58. The summed E-state index contributed by atoms with van der Waals surface area (Å²) in [7, 11) is 1.19. The molecule has 0 spiro atoms. The van der Waals surface area contributed by atoms with Crippen molar-refractivity contribution in [2.75, 3.05) is 12.8 Å². The van der Waals surface area contributed by atoms with Crippen LogP contribution in [-0.4, -0.2) is 27.6 Å². The summed E-state index contributed by atoms with van der Waals surface area (Å²) in [6.07, 6.45) is 1.44. The number of aromatic nitrogens is 3. The minimum absolute atomic E-state index is 0.0164. The molecule has 0 saturated carbocycles. The van der Waals surface area contributed by atoms with Gasteiger partial charge in [0, 0.05) is 5.39 Å². The van der Waals surface area contributed by atoms with Crippen LogP contribution in [-0.2, 0) is 4.74 Å². The number of carbonyl (C=O) groups excluding carboxylic acids is 1. The Bertz CT molecular complexity index is 1080. The molecule has 0 aliphatic heterocycles. The second-order valence-corrected chi connectivity index (χ2v) is 6.42. The van der Waals surface area contributed by atoms with Crippen molar-refractivity contribution >= 4 is 50.2 Å². The lowest BCUT2D eigenvalue weighted by molar-refractivity contribution is 0.0600. The average Bonchev–Trinajstić information content (AvgIpc) is 2.56. The molecule has 0 bridgehead atoms. The number of nitrogens with zero attached hydrogens (tertiary/aromatic N) is 3. The number of fused-ring (bicyclic) bond motifs is 1. The molecule has 7 nitrogen and oxygen atoms in total. The van der Waals surface area contributed by atoms with Crippen molar-refractivity contribution in [3.05, 3.63) is 55.6 Å². The second-order valence-electron chi connectivity index (χ2n) is 5.22. The number of aryl methyl sites for hydroxylation is 1. The molecule has 128 valence electrons. The number of nitrogens with two attached hydrogens (primary N) is 1. The molecule has 0 saturated heterocycles. The maximum Gasteiger partial charge on any atom is 0.345 e. The second kappa shape index (κ2) is 6.45. The lowest BCUT2D eigenvalue weighted by Gasteiger charge is -2.15. The third-order valence-corrected chi connectivity index (χ3v) is 4.36. The molecule has 3 rings (SSSR count). The van der Waals surface area contributed by atoms with Crippen molar-refractivity contribution in [3.63, 3.8) is 0 Å². The molecule has 3 aromatic heterocycles. The first-order valence-corrected chi connectivity index (χ1v) is 8.23. The molecule has 0 radical (unpaired) electrons. The Balaban J connectivity index is 2.54. The number of halogens is 2. The molecule has 9 heteroatoms. The van der Waals surface area contributed by atoms with Crippen LogP contribution in [0.1, 0.15) is 15.9 Å². The summed E-state index contributed by atoms with van der Waals surface area (Å²) in [4.78, 5) is 33.5. The predicted molar refractivity (Wildman–Crippen MR) is 98.3 cm³/mol. The van der Waals surface area contributed by atoms with Crippen LogP contribution in [0.2, 0.25) is 5.15 Å². The van der Waals surface area contributed by atoms with E-state index in [9.17, 15) is 9.59 Å². The van der Waals surface area contributed by atoms with Crippen LogP contribution in [0, 0.1) is 6.92 Å². The third-order valence-electron chi connectivity index (χ3n) is 3.71. The van der Waals surface area contributed by atoms with E-state index < -0.39 is 11.5 Å². The molecule has 0 aromatic carbocycles. The summed E-state index contributed by atoms with van der Waals surface area (Å²) in [6, 6.07) is 4.95. The standard InChI is InChI=1S/C16H12BrClN4O3/c1-7-5-11(18)20-6-9(7)22-14-8(3-4-10(17)21-14)13(19)12(15(22)23)16(24)25-2/h3-6H,19H2,1-2H3. The van der Waals surface area contributed by atoms with Crippen LogP contribution in [0.15, 0.2) is 33.8 Å². The molecule has 25 heavy (non-hydrogen) atoms. The number of carbonyl (C=O) groups is 1. The quantitative estimate of drug-likeness (QED) is 0.502. The molecule has 0 unspecified atom stereocenters. The van der Waals surface area contributed by atoms with Gasteiger partial charge in [-0.05, 0) is 46.6 Å². The molecule has 0 atom stereocenters. The van der Waals surface area contributed by atoms with Crippen molar-refractivity contribution in [1.82, 2.24) is 14.5 Å². The number of esters is 1. The minimum atomic E-state index is -0.819. The normalized spacial score (nSPS) is 10.9. The van der Waals surface area contributed by atoms with Crippen LogP contribution >= 0.6 is 27.5 Å². The molecule has 0 aliphatic carbocycles. The summed E-state index contributed by atoms with van der Waals surface area (Å²) < 4.78 is 6.50. The van der Waals surface area contributed by atoms with Crippen LogP contribution in [0.25, 0.3) is 16.7 Å². The molecule has 0 amide bonds. The Morgan fingerprint density at radius 1 is 1.40 bits per heavy atom. The molecular weight excluding hydrogens is 412 g/mol. The van der Waals surface area contributed by atoms with Gasteiger partial charge in [-0.1, -0.05) is 11.6 Å². The molecular formula is C16H12BrClN4O3. The van der Waals surface area contributed by atoms with E-state index >= 15 is 0 Å². The fourth-order valence-corrected chi connectivity index (χ4v) is 3.05. The maximum atomic E-state index is 13.0. The van der Waals surface area contributed by atoms with Gasteiger partial charge in [0.25, 0.3) is 5.56 Å². The van der Waals surface area contributed by atoms with Crippen LogP contribution in [0.5, 0.6) is 0 Å². The lowest BCUT2D eigenvalue weighted by Crippen LogP contribution is -2.29. The molecule has 2 N–H and O–H groups in total. The molecule has 0 aliphatic rings. The number of ether oxygens (including phenoxy) is 1. The number of hydrogen-bond acceptors (Lipinski definition) is 6. The largest absolute Gasteiger partial charge is 0.465 e. The van der Waals surface area contributed by atoms with Gasteiger partial charge in [0.05, 0.1) is 24.7 Å². The van der Waals surface area contributed by atoms with Gasteiger partial charge in [0.1, 0.15) is 15.3 Å². The Labute approximate surface area is 155 Å². The Kier molecular flexibility index (Phi) is 4.49. The SMILES string of the molecule is COC(=O)c1c(N)c2ccc(Br)nc2n(-c2cnc(Cl)cc2C)c1=O. The predicted octanol–water partition coefficient (Wildman–Crippen LogP) is 2.87.